The van der Waals surface area contributed by atoms with E-state index in [1.54, 1.807) is 18.2 Å². The summed E-state index contributed by atoms with van der Waals surface area (Å²) in [5, 5.41) is 5.13. The molecule has 1 N–H and O–H groups in total. The average Bonchev–Trinajstić information content (AvgIpc) is 3.09. The summed E-state index contributed by atoms with van der Waals surface area (Å²) in [5.74, 6) is 0.643. The van der Waals surface area contributed by atoms with Crippen molar-refractivity contribution in [2.45, 2.75) is 11.4 Å². The number of hydrogen-bond acceptors (Lipinski definition) is 6. The number of rotatable bonds is 7. The molecule has 0 fully saturated rings. The zero-order valence-electron chi connectivity index (χ0n) is 14.9. The Morgan fingerprint density at radius 3 is 2.50 bits per heavy atom. The van der Waals surface area contributed by atoms with Gasteiger partial charge in [-0.2, -0.15) is 4.98 Å². The molecule has 2 aromatic carbocycles. The summed E-state index contributed by atoms with van der Waals surface area (Å²) in [6.07, 6.45) is 1.40. The first kappa shape index (κ1) is 20.2. The fourth-order valence-electron chi connectivity index (χ4n) is 2.40. The lowest BCUT2D eigenvalue weighted by Gasteiger charge is -2.10. The summed E-state index contributed by atoms with van der Waals surface area (Å²) in [6, 6.07) is 9.35. The van der Waals surface area contributed by atoms with Crippen molar-refractivity contribution in [3.05, 3.63) is 58.3 Å². The summed E-state index contributed by atoms with van der Waals surface area (Å²) in [5.41, 5.74) is 0.769. The van der Waals surface area contributed by atoms with Crippen LogP contribution in [-0.4, -0.2) is 37.4 Å². The normalized spacial score (nSPS) is 11.3. The van der Waals surface area contributed by atoms with Gasteiger partial charge in [0, 0.05) is 16.1 Å². The van der Waals surface area contributed by atoms with Crippen LogP contribution in [0.2, 0.25) is 10.0 Å². The van der Waals surface area contributed by atoms with Crippen LogP contribution in [0.25, 0.3) is 0 Å². The van der Waals surface area contributed by atoms with Gasteiger partial charge in [0.25, 0.3) is 16.0 Å². The first-order valence-electron chi connectivity index (χ1n) is 7.90. The summed E-state index contributed by atoms with van der Waals surface area (Å²) >= 11 is 12.0. The maximum absolute atomic E-state index is 12.6. The second-order valence-electron chi connectivity index (χ2n) is 5.62. The van der Waals surface area contributed by atoms with Gasteiger partial charge >= 0.3 is 0 Å². The molecule has 0 saturated heterocycles. The molecule has 0 bridgehead atoms. The van der Waals surface area contributed by atoms with Crippen molar-refractivity contribution in [1.29, 1.82) is 0 Å². The molecule has 11 heteroatoms. The number of benzene rings is 2. The maximum atomic E-state index is 12.6. The molecule has 148 valence electrons. The Labute approximate surface area is 172 Å². The molecule has 0 aliphatic carbocycles. The lowest BCUT2D eigenvalue weighted by Crippen LogP contribution is -2.14. The molecule has 0 radical (unpaired) electrons. The second-order valence-corrected chi connectivity index (χ2v) is 8.15. The van der Waals surface area contributed by atoms with Crippen molar-refractivity contribution in [2.24, 2.45) is 0 Å². The van der Waals surface area contributed by atoms with Crippen molar-refractivity contribution in [2.75, 3.05) is 18.9 Å². The quantitative estimate of drug-likeness (QED) is 0.601. The van der Waals surface area contributed by atoms with Crippen LogP contribution < -0.4 is 14.2 Å². The van der Waals surface area contributed by atoms with E-state index >= 15 is 0 Å². The van der Waals surface area contributed by atoms with E-state index in [1.807, 2.05) is 0 Å². The lowest BCUT2D eigenvalue weighted by atomic mass is 10.2. The van der Waals surface area contributed by atoms with Crippen LogP contribution in [0.1, 0.15) is 5.56 Å². The fraction of sp³-hybridized carbons (Fsp3) is 0.176. The molecule has 1 heterocycles. The van der Waals surface area contributed by atoms with E-state index in [4.69, 9.17) is 32.7 Å². The molecule has 0 aliphatic rings. The van der Waals surface area contributed by atoms with Gasteiger partial charge in [0.1, 0.15) is 6.33 Å². The van der Waals surface area contributed by atoms with Gasteiger partial charge in [-0.3, -0.25) is 0 Å². The van der Waals surface area contributed by atoms with Gasteiger partial charge in [0.2, 0.25) is 0 Å². The predicted molar refractivity (Wildman–Crippen MR) is 106 cm³/mol. The third-order valence-corrected chi connectivity index (χ3v) is 5.69. The topological polar surface area (TPSA) is 95.3 Å². The van der Waals surface area contributed by atoms with Crippen LogP contribution in [0.4, 0.5) is 5.95 Å². The molecule has 0 saturated carbocycles. The van der Waals surface area contributed by atoms with Crippen LogP contribution in [0.15, 0.2) is 47.6 Å². The monoisotopic (exact) mass is 442 g/mol. The van der Waals surface area contributed by atoms with E-state index in [0.717, 1.165) is 5.56 Å². The van der Waals surface area contributed by atoms with E-state index in [1.165, 1.54) is 43.4 Å². The van der Waals surface area contributed by atoms with Crippen LogP contribution in [0.5, 0.6) is 11.5 Å². The maximum Gasteiger partial charge on any atom is 0.264 e. The van der Waals surface area contributed by atoms with E-state index < -0.39 is 10.0 Å². The number of nitrogens with one attached hydrogen (secondary N) is 1. The summed E-state index contributed by atoms with van der Waals surface area (Å²) in [4.78, 5) is 3.97. The lowest BCUT2D eigenvalue weighted by molar-refractivity contribution is 0.354. The molecule has 28 heavy (non-hydrogen) atoms. The first-order chi connectivity index (χ1) is 13.3. The minimum Gasteiger partial charge on any atom is -0.493 e. The number of halogens is 2. The standard InChI is InChI=1S/C17H16Cl2N4O4S/c1-26-15-6-5-13(8-16(15)27-2)28(24,25)22-17-20-10-23(21-17)9-11-3-4-12(18)7-14(11)19/h3-8,10H,9H2,1-2H3,(H,21,22). The van der Waals surface area contributed by atoms with E-state index in [0.29, 0.717) is 28.1 Å². The fourth-order valence-corrected chi connectivity index (χ4v) is 3.83. The number of aromatic nitrogens is 3. The third kappa shape index (κ3) is 4.49. The average molecular weight is 443 g/mol. The minimum atomic E-state index is -3.91. The minimum absolute atomic E-state index is 0.0118. The molecule has 0 unspecified atom stereocenters. The molecule has 3 aromatic rings. The Kier molecular flexibility index (Phi) is 5.97. The van der Waals surface area contributed by atoms with Crippen molar-refractivity contribution in [1.82, 2.24) is 14.8 Å². The second kappa shape index (κ2) is 8.26. The van der Waals surface area contributed by atoms with Crippen molar-refractivity contribution >= 4 is 39.2 Å². The number of sulfonamides is 1. The van der Waals surface area contributed by atoms with Crippen molar-refractivity contribution in [3.8, 4) is 11.5 Å². The Morgan fingerprint density at radius 2 is 1.82 bits per heavy atom. The van der Waals surface area contributed by atoms with Gasteiger partial charge in [0.15, 0.2) is 11.5 Å². The van der Waals surface area contributed by atoms with Gasteiger partial charge in [-0.25, -0.2) is 17.8 Å². The number of methoxy groups -OCH3 is 2. The number of nitrogens with zero attached hydrogens (tertiary/aromatic N) is 3. The molecule has 0 spiro atoms. The van der Waals surface area contributed by atoms with Crippen LogP contribution in [-0.2, 0) is 16.6 Å². The first-order valence-corrected chi connectivity index (χ1v) is 10.1. The van der Waals surface area contributed by atoms with Crippen LogP contribution in [0.3, 0.4) is 0 Å². The molecular formula is C17H16Cl2N4O4S. The van der Waals surface area contributed by atoms with Crippen LogP contribution >= 0.6 is 23.2 Å². The van der Waals surface area contributed by atoms with Crippen molar-refractivity contribution in [3.63, 3.8) is 0 Å². The molecular weight excluding hydrogens is 427 g/mol. The molecule has 0 aliphatic heterocycles. The SMILES string of the molecule is COc1ccc(S(=O)(=O)Nc2ncn(Cc3ccc(Cl)cc3Cl)n2)cc1OC. The molecule has 0 atom stereocenters. The summed E-state index contributed by atoms with van der Waals surface area (Å²) < 4.78 is 39.2. The van der Waals surface area contributed by atoms with Gasteiger partial charge in [0.05, 0.1) is 25.7 Å². The molecule has 8 nitrogen and oxygen atoms in total. The molecule has 0 amide bonds. The van der Waals surface area contributed by atoms with Gasteiger partial charge in [-0.05, 0) is 29.8 Å². The smallest absolute Gasteiger partial charge is 0.264 e. The number of hydrogen-bond donors (Lipinski definition) is 1. The summed E-state index contributed by atoms with van der Waals surface area (Å²) in [7, 11) is -1.02. The molecule has 1 aromatic heterocycles. The Hall–Kier alpha value is -2.49. The Bertz CT molecular complexity index is 1100. The summed E-state index contributed by atoms with van der Waals surface area (Å²) in [6.45, 7) is 0.307. The highest BCUT2D eigenvalue weighted by molar-refractivity contribution is 7.92. The molecule has 3 rings (SSSR count). The Balaban J connectivity index is 1.78. The Morgan fingerprint density at radius 1 is 1.07 bits per heavy atom. The third-order valence-electron chi connectivity index (χ3n) is 3.77. The highest BCUT2D eigenvalue weighted by atomic mass is 35.5. The zero-order chi connectivity index (χ0) is 20.3. The van der Waals surface area contributed by atoms with E-state index in [-0.39, 0.29) is 10.8 Å². The zero-order valence-corrected chi connectivity index (χ0v) is 17.2. The number of anilines is 1. The van der Waals surface area contributed by atoms with Gasteiger partial charge in [-0.1, -0.05) is 29.3 Å². The van der Waals surface area contributed by atoms with Crippen LogP contribution in [0, 0.1) is 0 Å². The predicted octanol–water partition coefficient (Wildman–Crippen LogP) is 3.45. The number of ether oxygens (including phenoxy) is 2. The highest BCUT2D eigenvalue weighted by Crippen LogP contribution is 2.30. The van der Waals surface area contributed by atoms with E-state index in [9.17, 15) is 8.42 Å². The largest absolute Gasteiger partial charge is 0.493 e. The van der Waals surface area contributed by atoms with Gasteiger partial charge < -0.3 is 9.47 Å². The highest BCUT2D eigenvalue weighted by Gasteiger charge is 2.19. The van der Waals surface area contributed by atoms with Gasteiger partial charge in [-0.15, -0.1) is 5.10 Å². The van der Waals surface area contributed by atoms with E-state index in [2.05, 4.69) is 14.8 Å². The van der Waals surface area contributed by atoms with Crippen molar-refractivity contribution < 1.29 is 17.9 Å².